The van der Waals surface area contributed by atoms with Crippen molar-refractivity contribution >= 4 is 23.7 Å². The molecule has 0 saturated heterocycles. The summed E-state index contributed by atoms with van der Waals surface area (Å²) < 4.78 is 10.3. The summed E-state index contributed by atoms with van der Waals surface area (Å²) in [5.41, 5.74) is 0.374. The number of carboxylic acids is 2. The predicted octanol–water partition coefficient (Wildman–Crippen LogP) is 2.64. The van der Waals surface area contributed by atoms with Gasteiger partial charge in [0.25, 0.3) is 0 Å². The molecule has 0 atom stereocenters. The quantitative estimate of drug-likeness (QED) is 0.655. The van der Waals surface area contributed by atoms with E-state index in [1.165, 1.54) is 23.3 Å². The van der Waals surface area contributed by atoms with Crippen molar-refractivity contribution in [3.05, 3.63) is 77.2 Å². The van der Waals surface area contributed by atoms with Crippen LogP contribution in [-0.4, -0.2) is 41.5 Å². The van der Waals surface area contributed by atoms with Crippen molar-refractivity contribution in [3.63, 3.8) is 0 Å². The molecular formula is C20H18N2O7. The summed E-state index contributed by atoms with van der Waals surface area (Å²) >= 11 is 0. The van der Waals surface area contributed by atoms with E-state index in [2.05, 4.69) is 5.32 Å². The third kappa shape index (κ3) is 4.83. The number of hydrogen-bond donors (Lipinski definition) is 3. The third-order valence-corrected chi connectivity index (χ3v) is 4.14. The number of carbonyl (C=O) groups is 3. The zero-order valence-corrected chi connectivity index (χ0v) is 15.2. The van der Waals surface area contributed by atoms with Gasteiger partial charge in [-0.15, -0.1) is 0 Å². The maximum atomic E-state index is 12.9. The average molecular weight is 398 g/mol. The summed E-state index contributed by atoms with van der Waals surface area (Å²) in [7, 11) is 0. The van der Waals surface area contributed by atoms with Gasteiger partial charge in [0.2, 0.25) is 6.79 Å². The van der Waals surface area contributed by atoms with E-state index in [1.807, 2.05) is 30.3 Å². The number of carboxylic acid groups (broad SMARTS) is 2. The lowest BCUT2D eigenvalue weighted by Gasteiger charge is -2.24. The molecule has 0 radical (unpaired) electrons. The molecule has 0 unspecified atom stereocenters. The number of carbonyl (C=O) groups excluding carboxylic acids is 1. The van der Waals surface area contributed by atoms with Gasteiger partial charge in [-0.3, -0.25) is 4.90 Å². The molecule has 9 nitrogen and oxygen atoms in total. The number of amides is 2. The zero-order valence-electron chi connectivity index (χ0n) is 15.2. The van der Waals surface area contributed by atoms with Crippen molar-refractivity contribution < 1.29 is 34.1 Å². The molecule has 0 aliphatic carbocycles. The first-order valence-electron chi connectivity index (χ1n) is 8.59. The van der Waals surface area contributed by atoms with Crippen LogP contribution in [0.4, 0.5) is 10.5 Å². The van der Waals surface area contributed by atoms with Gasteiger partial charge in [-0.1, -0.05) is 30.3 Å². The Morgan fingerprint density at radius 1 is 1.03 bits per heavy atom. The number of hydrogen-bond acceptors (Lipinski definition) is 5. The van der Waals surface area contributed by atoms with Crippen molar-refractivity contribution in [1.29, 1.82) is 0 Å². The molecule has 1 aliphatic heterocycles. The highest BCUT2D eigenvalue weighted by Crippen LogP contribution is 2.25. The van der Waals surface area contributed by atoms with Crippen molar-refractivity contribution in [3.8, 4) is 0 Å². The number of nitrogens with zero attached hydrogens (tertiary/aromatic N) is 1. The van der Waals surface area contributed by atoms with E-state index in [0.29, 0.717) is 5.76 Å². The number of aromatic carboxylic acids is 2. The Hall–Kier alpha value is -4.01. The molecule has 0 fully saturated rings. The molecule has 29 heavy (non-hydrogen) atoms. The molecule has 0 spiro atoms. The van der Waals surface area contributed by atoms with Gasteiger partial charge in [0, 0.05) is 6.54 Å². The van der Waals surface area contributed by atoms with Crippen molar-refractivity contribution in [2.75, 3.05) is 18.2 Å². The fourth-order valence-electron chi connectivity index (χ4n) is 2.72. The van der Waals surface area contributed by atoms with Crippen LogP contribution in [0.5, 0.6) is 0 Å². The minimum atomic E-state index is -1.36. The van der Waals surface area contributed by atoms with Crippen LogP contribution >= 0.6 is 0 Å². The second kappa shape index (κ2) is 8.79. The predicted molar refractivity (Wildman–Crippen MR) is 102 cm³/mol. The van der Waals surface area contributed by atoms with E-state index >= 15 is 0 Å². The first-order chi connectivity index (χ1) is 14.0. The number of ether oxygens (including phenoxy) is 2. The van der Waals surface area contributed by atoms with E-state index in [9.17, 15) is 19.5 Å². The second-order valence-electron chi connectivity index (χ2n) is 6.09. The molecule has 2 aromatic rings. The minimum Gasteiger partial charge on any atom is -0.478 e. The van der Waals surface area contributed by atoms with Crippen molar-refractivity contribution in [2.45, 2.75) is 6.54 Å². The molecule has 2 amide bonds. The molecule has 9 heteroatoms. The summed E-state index contributed by atoms with van der Waals surface area (Å²) in [6, 6.07) is 12.2. The Morgan fingerprint density at radius 3 is 2.41 bits per heavy atom. The molecular weight excluding hydrogens is 380 g/mol. The molecule has 0 bridgehead atoms. The summed E-state index contributed by atoms with van der Waals surface area (Å²) in [6.45, 7) is 0.133. The molecule has 3 N–H and O–H groups in total. The van der Waals surface area contributed by atoms with Crippen molar-refractivity contribution in [2.24, 2.45) is 0 Å². The zero-order chi connectivity index (χ0) is 20.8. The van der Waals surface area contributed by atoms with E-state index in [1.54, 1.807) is 0 Å². The Bertz CT molecular complexity index is 957. The van der Waals surface area contributed by atoms with Gasteiger partial charge >= 0.3 is 18.0 Å². The Balaban J connectivity index is 1.91. The Morgan fingerprint density at radius 2 is 1.79 bits per heavy atom. The summed E-state index contributed by atoms with van der Waals surface area (Å²) in [4.78, 5) is 37.0. The van der Waals surface area contributed by atoms with Crippen LogP contribution in [0.3, 0.4) is 0 Å². The van der Waals surface area contributed by atoms with Gasteiger partial charge < -0.3 is 25.0 Å². The minimum absolute atomic E-state index is 0.00144. The van der Waals surface area contributed by atoms with Crippen LogP contribution in [0.2, 0.25) is 0 Å². The lowest BCUT2D eigenvalue weighted by Crippen LogP contribution is -2.41. The molecule has 1 heterocycles. The van der Waals surface area contributed by atoms with Gasteiger partial charge in [0.1, 0.15) is 6.26 Å². The van der Waals surface area contributed by atoms with E-state index in [0.717, 1.165) is 11.6 Å². The van der Waals surface area contributed by atoms with Crippen molar-refractivity contribution in [1.82, 2.24) is 5.32 Å². The highest BCUT2D eigenvalue weighted by Gasteiger charge is 2.25. The van der Waals surface area contributed by atoms with E-state index in [-0.39, 0.29) is 36.7 Å². The maximum Gasteiger partial charge on any atom is 0.337 e. The molecule has 150 valence electrons. The molecule has 0 aromatic heterocycles. The highest BCUT2D eigenvalue weighted by molar-refractivity contribution is 6.03. The second-order valence-corrected chi connectivity index (χ2v) is 6.09. The standard InChI is InChI=1S/C20H18N2O7/c23-18(24)14-6-7-17(16(8-14)19(25)26)22(10-15-11-28-12-29-15)20(27)21-9-13-4-2-1-3-5-13/h1-8,11H,9-10,12H2,(H,21,27)(H,23,24)(H,25,26). The smallest absolute Gasteiger partial charge is 0.337 e. The number of urea groups is 1. The Kier molecular flexibility index (Phi) is 5.98. The number of rotatable bonds is 7. The van der Waals surface area contributed by atoms with Gasteiger partial charge in [-0.25, -0.2) is 14.4 Å². The molecule has 0 saturated carbocycles. The normalized spacial score (nSPS) is 12.3. The molecule has 3 rings (SSSR count). The highest BCUT2D eigenvalue weighted by atomic mass is 16.7. The summed E-state index contributed by atoms with van der Waals surface area (Å²) in [5.74, 6) is -2.30. The van der Waals surface area contributed by atoms with E-state index < -0.39 is 18.0 Å². The SMILES string of the molecule is O=C(O)c1ccc(N(CC2=COCO2)C(=O)NCc2ccccc2)c(C(=O)O)c1. The van der Waals surface area contributed by atoms with Crippen LogP contribution in [0, 0.1) is 0 Å². The average Bonchev–Trinajstić information content (AvgIpc) is 3.24. The van der Waals surface area contributed by atoms with Gasteiger partial charge in [-0.05, 0) is 23.8 Å². The molecule has 2 aromatic carbocycles. The lowest BCUT2D eigenvalue weighted by molar-refractivity contribution is 0.0696. The topological polar surface area (TPSA) is 125 Å². The summed E-state index contributed by atoms with van der Waals surface area (Å²) in [6.07, 6.45) is 1.34. The van der Waals surface area contributed by atoms with Crippen LogP contribution in [-0.2, 0) is 16.0 Å². The monoisotopic (exact) mass is 398 g/mol. The third-order valence-electron chi connectivity index (χ3n) is 4.14. The first-order valence-corrected chi connectivity index (χ1v) is 8.59. The van der Waals surface area contributed by atoms with Gasteiger partial charge in [-0.2, -0.15) is 0 Å². The van der Waals surface area contributed by atoms with Crippen LogP contribution in [0.15, 0.2) is 60.6 Å². The number of anilines is 1. The van der Waals surface area contributed by atoms with Gasteiger partial charge in [0.15, 0.2) is 5.76 Å². The van der Waals surface area contributed by atoms with Gasteiger partial charge in [0.05, 0.1) is 23.4 Å². The Labute approximate surface area is 165 Å². The number of nitrogens with one attached hydrogen (secondary N) is 1. The fourth-order valence-corrected chi connectivity index (χ4v) is 2.72. The molecule has 1 aliphatic rings. The maximum absolute atomic E-state index is 12.9. The number of benzene rings is 2. The largest absolute Gasteiger partial charge is 0.478 e. The first kappa shape index (κ1) is 19.7. The van der Waals surface area contributed by atoms with Crippen LogP contribution in [0.25, 0.3) is 0 Å². The fraction of sp³-hybridized carbons (Fsp3) is 0.150. The van der Waals surface area contributed by atoms with Crippen LogP contribution < -0.4 is 10.2 Å². The van der Waals surface area contributed by atoms with E-state index in [4.69, 9.17) is 14.6 Å². The lowest BCUT2D eigenvalue weighted by atomic mass is 10.1. The summed E-state index contributed by atoms with van der Waals surface area (Å²) in [5, 5.41) is 21.4. The van der Waals surface area contributed by atoms with Crippen LogP contribution in [0.1, 0.15) is 26.3 Å².